The lowest BCUT2D eigenvalue weighted by Gasteiger charge is -2.45. The summed E-state index contributed by atoms with van der Waals surface area (Å²) in [5, 5.41) is 9.95. The molecule has 2 aliphatic carbocycles. The van der Waals surface area contributed by atoms with Gasteiger partial charge in [0.1, 0.15) is 11.2 Å². The second-order valence-electron chi connectivity index (χ2n) is 5.26. The van der Waals surface area contributed by atoms with E-state index in [0.29, 0.717) is 10.7 Å². The number of hydrogen-bond donors (Lipinski definition) is 0. The molecule has 2 aliphatic rings. The molecule has 3 rings (SSSR count). The van der Waals surface area contributed by atoms with Crippen LogP contribution in [0.3, 0.4) is 0 Å². The van der Waals surface area contributed by atoms with Crippen LogP contribution < -0.4 is 0 Å². The number of hydrogen-bond acceptors (Lipinski definition) is 3. The fourth-order valence-corrected chi connectivity index (χ4v) is 2.70. The fraction of sp³-hybridized carbons (Fsp3) is 0.500. The SMILES string of the molecule is N#CC1(N(C(=O)c2ccc(Cl)cn2)C2CC2)CCC1. The molecule has 0 unspecified atom stereocenters. The zero-order valence-electron chi connectivity index (χ0n) is 10.5. The molecule has 2 fully saturated rings. The Labute approximate surface area is 117 Å². The van der Waals surface area contributed by atoms with Gasteiger partial charge in [-0.05, 0) is 44.2 Å². The van der Waals surface area contributed by atoms with E-state index in [9.17, 15) is 10.1 Å². The zero-order chi connectivity index (χ0) is 13.5. The Balaban J connectivity index is 1.90. The van der Waals surface area contributed by atoms with Crippen LogP contribution in [-0.4, -0.2) is 27.4 Å². The van der Waals surface area contributed by atoms with Gasteiger partial charge in [-0.15, -0.1) is 0 Å². The molecule has 1 heterocycles. The van der Waals surface area contributed by atoms with Gasteiger partial charge in [0.2, 0.25) is 0 Å². The first-order valence-corrected chi connectivity index (χ1v) is 6.90. The second kappa shape index (κ2) is 4.50. The summed E-state index contributed by atoms with van der Waals surface area (Å²) in [5.74, 6) is -0.139. The van der Waals surface area contributed by atoms with Crippen molar-refractivity contribution in [3.05, 3.63) is 29.0 Å². The van der Waals surface area contributed by atoms with Crippen molar-refractivity contribution in [2.75, 3.05) is 0 Å². The molecule has 0 N–H and O–H groups in total. The molecule has 0 saturated heterocycles. The first-order valence-electron chi connectivity index (χ1n) is 6.53. The van der Waals surface area contributed by atoms with Crippen LogP contribution in [0.2, 0.25) is 5.02 Å². The summed E-state index contributed by atoms with van der Waals surface area (Å²) in [7, 11) is 0. The third-order valence-corrected chi connectivity index (χ3v) is 4.15. The second-order valence-corrected chi connectivity index (χ2v) is 5.70. The number of nitrogens with zero attached hydrogens (tertiary/aromatic N) is 3. The molecule has 4 nitrogen and oxygen atoms in total. The average molecular weight is 276 g/mol. The molecule has 98 valence electrons. The Morgan fingerprint density at radius 2 is 2.21 bits per heavy atom. The van der Waals surface area contributed by atoms with Gasteiger partial charge in [0.15, 0.2) is 0 Å². The van der Waals surface area contributed by atoms with E-state index in [1.54, 1.807) is 17.0 Å². The van der Waals surface area contributed by atoms with Crippen LogP contribution in [0.15, 0.2) is 18.3 Å². The zero-order valence-corrected chi connectivity index (χ0v) is 11.2. The molecule has 0 spiro atoms. The lowest BCUT2D eigenvalue weighted by atomic mass is 9.76. The number of rotatable bonds is 3. The minimum atomic E-state index is -0.598. The first kappa shape index (κ1) is 12.4. The van der Waals surface area contributed by atoms with Gasteiger partial charge in [-0.25, -0.2) is 4.98 Å². The van der Waals surface area contributed by atoms with Crippen LogP contribution in [-0.2, 0) is 0 Å². The quantitative estimate of drug-likeness (QED) is 0.852. The summed E-state index contributed by atoms with van der Waals surface area (Å²) in [5.41, 5.74) is -0.225. The highest BCUT2D eigenvalue weighted by Gasteiger charge is 2.51. The summed E-state index contributed by atoms with van der Waals surface area (Å²) in [6, 6.07) is 5.85. The molecule has 1 amide bonds. The predicted octanol–water partition coefficient (Wildman–Crippen LogP) is 2.79. The van der Waals surface area contributed by atoms with E-state index >= 15 is 0 Å². The van der Waals surface area contributed by atoms with Crippen molar-refractivity contribution >= 4 is 17.5 Å². The molecule has 0 aliphatic heterocycles. The van der Waals surface area contributed by atoms with Gasteiger partial charge in [0.25, 0.3) is 5.91 Å². The van der Waals surface area contributed by atoms with Gasteiger partial charge >= 0.3 is 0 Å². The van der Waals surface area contributed by atoms with Crippen molar-refractivity contribution in [2.24, 2.45) is 0 Å². The fourth-order valence-electron chi connectivity index (χ4n) is 2.59. The van der Waals surface area contributed by atoms with Crippen LogP contribution in [0.4, 0.5) is 0 Å². The van der Waals surface area contributed by atoms with Crippen molar-refractivity contribution < 1.29 is 4.79 Å². The topological polar surface area (TPSA) is 57.0 Å². The Kier molecular flexibility index (Phi) is 2.94. The molecular formula is C14H14ClN3O. The van der Waals surface area contributed by atoms with Gasteiger partial charge in [0, 0.05) is 12.2 Å². The standard InChI is InChI=1S/C14H14ClN3O/c15-10-2-5-12(17-8-10)13(19)18(11-3-4-11)14(9-16)6-1-7-14/h2,5,8,11H,1,3-4,6-7H2. The normalized spacial score (nSPS) is 20.2. The minimum Gasteiger partial charge on any atom is -0.316 e. The van der Waals surface area contributed by atoms with E-state index in [2.05, 4.69) is 11.1 Å². The molecule has 0 bridgehead atoms. The maximum absolute atomic E-state index is 12.6. The summed E-state index contributed by atoms with van der Waals surface area (Å²) >= 11 is 5.79. The molecular weight excluding hydrogens is 262 g/mol. The molecule has 1 aromatic heterocycles. The van der Waals surface area contributed by atoms with E-state index in [1.807, 2.05) is 0 Å². The van der Waals surface area contributed by atoms with Gasteiger partial charge in [-0.2, -0.15) is 5.26 Å². The van der Waals surface area contributed by atoms with Crippen molar-refractivity contribution in [2.45, 2.75) is 43.7 Å². The largest absolute Gasteiger partial charge is 0.316 e. The summed E-state index contributed by atoms with van der Waals surface area (Å²) in [4.78, 5) is 18.5. The molecule has 5 heteroatoms. The third-order valence-electron chi connectivity index (χ3n) is 3.93. The van der Waals surface area contributed by atoms with E-state index in [-0.39, 0.29) is 11.9 Å². The maximum Gasteiger partial charge on any atom is 0.273 e. The Hall–Kier alpha value is -1.60. The van der Waals surface area contributed by atoms with E-state index in [4.69, 9.17) is 11.6 Å². The van der Waals surface area contributed by atoms with Crippen LogP contribution >= 0.6 is 11.6 Å². The number of carbonyl (C=O) groups is 1. The lowest BCUT2D eigenvalue weighted by molar-refractivity contribution is 0.0355. The smallest absolute Gasteiger partial charge is 0.273 e. The van der Waals surface area contributed by atoms with Crippen molar-refractivity contribution in [3.63, 3.8) is 0 Å². The number of aromatic nitrogens is 1. The number of nitriles is 1. The predicted molar refractivity (Wildman–Crippen MR) is 70.6 cm³/mol. The highest BCUT2D eigenvalue weighted by molar-refractivity contribution is 6.30. The number of carbonyl (C=O) groups excluding carboxylic acids is 1. The molecule has 0 atom stereocenters. The molecule has 0 radical (unpaired) electrons. The monoisotopic (exact) mass is 275 g/mol. The summed E-state index contributed by atoms with van der Waals surface area (Å²) in [6.45, 7) is 0. The highest BCUT2D eigenvalue weighted by atomic mass is 35.5. The number of amides is 1. The maximum atomic E-state index is 12.6. The van der Waals surface area contributed by atoms with Gasteiger partial charge in [-0.3, -0.25) is 4.79 Å². The molecule has 19 heavy (non-hydrogen) atoms. The Bertz CT molecular complexity index is 541. The lowest BCUT2D eigenvalue weighted by Crippen LogP contribution is -2.56. The van der Waals surface area contributed by atoms with Gasteiger partial charge in [-0.1, -0.05) is 11.6 Å². The van der Waals surface area contributed by atoms with Crippen LogP contribution in [0, 0.1) is 11.3 Å². The molecule has 0 aromatic carbocycles. The summed E-state index contributed by atoms with van der Waals surface area (Å²) in [6.07, 6.45) is 6.02. The van der Waals surface area contributed by atoms with E-state index in [1.165, 1.54) is 6.20 Å². The van der Waals surface area contributed by atoms with Crippen LogP contribution in [0.25, 0.3) is 0 Å². The van der Waals surface area contributed by atoms with Crippen LogP contribution in [0.5, 0.6) is 0 Å². The van der Waals surface area contributed by atoms with E-state index in [0.717, 1.165) is 32.1 Å². The first-order chi connectivity index (χ1) is 9.16. The number of halogens is 1. The Morgan fingerprint density at radius 3 is 2.63 bits per heavy atom. The third kappa shape index (κ3) is 2.08. The van der Waals surface area contributed by atoms with E-state index < -0.39 is 5.54 Å². The van der Waals surface area contributed by atoms with Crippen molar-refractivity contribution in [1.29, 1.82) is 5.26 Å². The van der Waals surface area contributed by atoms with Crippen molar-refractivity contribution in [3.8, 4) is 6.07 Å². The van der Waals surface area contributed by atoms with Gasteiger partial charge < -0.3 is 4.90 Å². The Morgan fingerprint density at radius 1 is 1.47 bits per heavy atom. The van der Waals surface area contributed by atoms with Gasteiger partial charge in [0.05, 0.1) is 11.1 Å². The molecule has 1 aromatic rings. The summed E-state index contributed by atoms with van der Waals surface area (Å²) < 4.78 is 0. The van der Waals surface area contributed by atoms with Crippen molar-refractivity contribution in [1.82, 2.24) is 9.88 Å². The number of pyridine rings is 1. The van der Waals surface area contributed by atoms with Crippen LogP contribution in [0.1, 0.15) is 42.6 Å². The molecule has 2 saturated carbocycles. The minimum absolute atomic E-state index is 0.139. The highest BCUT2D eigenvalue weighted by Crippen LogP contribution is 2.44. The average Bonchev–Trinajstić information content (AvgIpc) is 3.18.